The first-order valence-electron chi connectivity index (χ1n) is 4.74. The summed E-state index contributed by atoms with van der Waals surface area (Å²) in [5.41, 5.74) is -0.939. The van der Waals surface area contributed by atoms with Crippen LogP contribution in [0, 0.1) is 0 Å². The lowest BCUT2D eigenvalue weighted by atomic mass is 10.2. The number of anilines is 1. The molecule has 0 spiro atoms. The van der Waals surface area contributed by atoms with Gasteiger partial charge in [-0.25, -0.2) is 13.4 Å². The van der Waals surface area contributed by atoms with Gasteiger partial charge in [0.2, 0.25) is 0 Å². The van der Waals surface area contributed by atoms with Crippen molar-refractivity contribution in [2.45, 2.75) is 6.18 Å². The van der Waals surface area contributed by atoms with Crippen molar-refractivity contribution in [1.82, 2.24) is 4.98 Å². The Morgan fingerprint density at radius 2 is 2.06 bits per heavy atom. The van der Waals surface area contributed by atoms with Crippen LogP contribution >= 0.6 is 15.9 Å². The van der Waals surface area contributed by atoms with Gasteiger partial charge in [-0.15, -0.1) is 0 Å². The van der Waals surface area contributed by atoms with Crippen LogP contribution in [0.25, 0.3) is 0 Å². The first kappa shape index (κ1) is 15.2. The van der Waals surface area contributed by atoms with Gasteiger partial charge in [0.05, 0.1) is 11.3 Å². The fourth-order valence-corrected chi connectivity index (χ4v) is 1.96. The van der Waals surface area contributed by atoms with Gasteiger partial charge in [0, 0.05) is 23.5 Å². The molecule has 18 heavy (non-hydrogen) atoms. The van der Waals surface area contributed by atoms with E-state index < -0.39 is 21.6 Å². The molecule has 9 heteroatoms. The largest absolute Gasteiger partial charge is 0.419 e. The lowest BCUT2D eigenvalue weighted by molar-refractivity contribution is -0.137. The van der Waals surface area contributed by atoms with Crippen molar-refractivity contribution < 1.29 is 21.6 Å². The maximum Gasteiger partial charge on any atom is 0.419 e. The predicted octanol–water partition coefficient (Wildman–Crippen LogP) is 2.32. The van der Waals surface area contributed by atoms with E-state index in [4.69, 9.17) is 0 Å². The average molecular weight is 347 g/mol. The number of hydrogen-bond donors (Lipinski definition) is 1. The molecule has 102 valence electrons. The number of hydrogen-bond acceptors (Lipinski definition) is 4. The van der Waals surface area contributed by atoms with E-state index >= 15 is 0 Å². The quantitative estimate of drug-likeness (QED) is 0.908. The van der Waals surface area contributed by atoms with Crippen molar-refractivity contribution in [2.75, 3.05) is 23.9 Å². The zero-order valence-electron chi connectivity index (χ0n) is 9.25. The second kappa shape index (κ2) is 5.43. The molecule has 0 saturated heterocycles. The van der Waals surface area contributed by atoms with Gasteiger partial charge in [0.1, 0.15) is 15.7 Å². The Morgan fingerprint density at radius 3 is 2.56 bits per heavy atom. The highest BCUT2D eigenvalue weighted by molar-refractivity contribution is 9.10. The van der Waals surface area contributed by atoms with Crippen LogP contribution in [0.4, 0.5) is 19.0 Å². The maximum absolute atomic E-state index is 12.7. The Balaban J connectivity index is 2.89. The smallest absolute Gasteiger partial charge is 0.369 e. The summed E-state index contributed by atoms with van der Waals surface area (Å²) in [6.07, 6.45) is -2.34. The highest BCUT2D eigenvalue weighted by Crippen LogP contribution is 2.35. The van der Waals surface area contributed by atoms with Crippen LogP contribution in [0.1, 0.15) is 5.56 Å². The number of aromatic nitrogens is 1. The monoisotopic (exact) mass is 346 g/mol. The standard InChI is InChI=1S/C9H10BrF3N2O2S/c1-18(16,17)3-2-14-8-7(9(11,12)13)4-6(10)5-15-8/h4-5H,2-3H2,1H3,(H,14,15). The van der Waals surface area contributed by atoms with Crippen molar-refractivity contribution in [3.8, 4) is 0 Å². The molecule has 0 saturated carbocycles. The van der Waals surface area contributed by atoms with E-state index in [2.05, 4.69) is 26.2 Å². The minimum Gasteiger partial charge on any atom is -0.369 e. The molecule has 1 aromatic heterocycles. The average Bonchev–Trinajstić information content (AvgIpc) is 2.17. The van der Waals surface area contributed by atoms with Crippen LogP contribution in [-0.4, -0.2) is 32.0 Å². The summed E-state index contributed by atoms with van der Waals surface area (Å²) in [5.74, 6) is -0.642. The summed E-state index contributed by atoms with van der Waals surface area (Å²) in [4.78, 5) is 3.59. The van der Waals surface area contributed by atoms with Crippen LogP contribution in [0.2, 0.25) is 0 Å². The Bertz CT molecular complexity index is 531. The van der Waals surface area contributed by atoms with Gasteiger partial charge in [0.15, 0.2) is 0 Å². The van der Waals surface area contributed by atoms with Crippen molar-refractivity contribution in [2.24, 2.45) is 0 Å². The molecule has 0 aromatic carbocycles. The molecule has 1 heterocycles. The predicted molar refractivity (Wildman–Crippen MR) is 65.1 cm³/mol. The van der Waals surface area contributed by atoms with Gasteiger partial charge in [-0.2, -0.15) is 13.2 Å². The molecule has 1 rings (SSSR count). The molecule has 0 radical (unpaired) electrons. The highest BCUT2D eigenvalue weighted by Gasteiger charge is 2.34. The Labute approximate surface area is 111 Å². The zero-order chi connectivity index (χ0) is 14.0. The number of pyridine rings is 1. The molecule has 4 nitrogen and oxygen atoms in total. The van der Waals surface area contributed by atoms with Gasteiger partial charge in [-0.3, -0.25) is 0 Å². The molecule has 0 fully saturated rings. The van der Waals surface area contributed by atoms with Crippen molar-refractivity contribution in [1.29, 1.82) is 0 Å². The van der Waals surface area contributed by atoms with Crippen LogP contribution in [0.5, 0.6) is 0 Å². The molecule has 1 aromatic rings. The van der Waals surface area contributed by atoms with Crippen LogP contribution < -0.4 is 5.32 Å². The molecular formula is C9H10BrF3N2O2S. The second-order valence-electron chi connectivity index (χ2n) is 3.60. The number of nitrogens with zero attached hydrogens (tertiary/aromatic N) is 1. The summed E-state index contributed by atoms with van der Waals surface area (Å²) in [6.45, 7) is -0.128. The lowest BCUT2D eigenvalue weighted by Gasteiger charge is -2.13. The third-order valence-electron chi connectivity index (χ3n) is 1.93. The van der Waals surface area contributed by atoms with Gasteiger partial charge in [0.25, 0.3) is 0 Å². The van der Waals surface area contributed by atoms with Gasteiger partial charge >= 0.3 is 6.18 Å². The van der Waals surface area contributed by atoms with Gasteiger partial charge in [-0.1, -0.05) is 0 Å². The molecule has 0 aliphatic heterocycles. The summed E-state index contributed by atoms with van der Waals surface area (Å²) < 4.78 is 59.9. The van der Waals surface area contributed by atoms with Gasteiger partial charge < -0.3 is 5.32 Å². The van der Waals surface area contributed by atoms with E-state index in [1.165, 1.54) is 6.20 Å². The summed E-state index contributed by atoms with van der Waals surface area (Å²) >= 11 is 2.90. The van der Waals surface area contributed by atoms with E-state index in [9.17, 15) is 21.6 Å². The Kier molecular flexibility index (Phi) is 4.60. The fraction of sp³-hybridized carbons (Fsp3) is 0.444. The molecule has 0 aliphatic carbocycles. The number of nitrogens with one attached hydrogen (secondary N) is 1. The van der Waals surface area contributed by atoms with E-state index in [-0.39, 0.29) is 22.6 Å². The van der Waals surface area contributed by atoms with Crippen molar-refractivity contribution in [3.05, 3.63) is 22.3 Å². The lowest BCUT2D eigenvalue weighted by Crippen LogP contribution is -2.18. The van der Waals surface area contributed by atoms with Crippen LogP contribution in [-0.2, 0) is 16.0 Å². The maximum atomic E-state index is 12.7. The molecule has 1 N–H and O–H groups in total. The Morgan fingerprint density at radius 1 is 1.44 bits per heavy atom. The Hall–Kier alpha value is -0.830. The number of halogens is 4. The van der Waals surface area contributed by atoms with E-state index in [1.54, 1.807) is 0 Å². The third kappa shape index (κ3) is 4.81. The molecule has 0 atom stereocenters. The molecule has 0 amide bonds. The highest BCUT2D eigenvalue weighted by atomic mass is 79.9. The third-order valence-corrected chi connectivity index (χ3v) is 3.30. The minimum atomic E-state index is -4.55. The number of sulfone groups is 1. The minimum absolute atomic E-state index is 0.128. The fourth-order valence-electron chi connectivity index (χ4n) is 1.15. The zero-order valence-corrected chi connectivity index (χ0v) is 11.7. The summed E-state index contributed by atoms with van der Waals surface area (Å²) in [6, 6.07) is 0.885. The van der Waals surface area contributed by atoms with E-state index in [0.29, 0.717) is 0 Å². The van der Waals surface area contributed by atoms with E-state index in [0.717, 1.165) is 12.3 Å². The molecule has 0 unspecified atom stereocenters. The summed E-state index contributed by atoms with van der Waals surface area (Å²) in [5, 5.41) is 2.37. The number of alkyl halides is 3. The van der Waals surface area contributed by atoms with Crippen LogP contribution in [0.3, 0.4) is 0 Å². The molecular weight excluding hydrogens is 337 g/mol. The van der Waals surface area contributed by atoms with Crippen LogP contribution in [0.15, 0.2) is 16.7 Å². The van der Waals surface area contributed by atoms with Crippen molar-refractivity contribution in [3.63, 3.8) is 0 Å². The molecule has 0 aliphatic rings. The van der Waals surface area contributed by atoms with Crippen molar-refractivity contribution >= 4 is 31.6 Å². The van der Waals surface area contributed by atoms with Gasteiger partial charge in [-0.05, 0) is 22.0 Å². The molecule has 0 bridgehead atoms. The summed E-state index contributed by atoms with van der Waals surface area (Å²) in [7, 11) is -3.23. The van der Waals surface area contributed by atoms with E-state index in [1.807, 2.05) is 0 Å². The first-order valence-corrected chi connectivity index (χ1v) is 7.59. The SMILES string of the molecule is CS(=O)(=O)CCNc1ncc(Br)cc1C(F)(F)F. The topological polar surface area (TPSA) is 59.1 Å². The second-order valence-corrected chi connectivity index (χ2v) is 6.78. The first-order chi connectivity index (χ1) is 8.09. The normalized spacial score (nSPS) is 12.5. The number of rotatable bonds is 4.